The van der Waals surface area contributed by atoms with Crippen molar-refractivity contribution in [3.05, 3.63) is 35.4 Å². The van der Waals surface area contributed by atoms with Crippen LogP contribution >= 0.6 is 0 Å². The van der Waals surface area contributed by atoms with E-state index in [1.54, 1.807) is 0 Å². The minimum atomic E-state index is -1.11. The molecule has 6 nitrogen and oxygen atoms in total. The van der Waals surface area contributed by atoms with Gasteiger partial charge in [0.25, 0.3) is 0 Å². The van der Waals surface area contributed by atoms with Crippen molar-refractivity contribution in [2.75, 3.05) is 26.2 Å². The van der Waals surface area contributed by atoms with Gasteiger partial charge in [-0.25, -0.2) is 0 Å². The van der Waals surface area contributed by atoms with E-state index in [2.05, 4.69) is 24.4 Å². The number of likely N-dealkylation sites (tertiary alicyclic amines) is 1. The molecule has 1 aromatic carbocycles. The molecule has 1 heterocycles. The number of carbonyl (C=O) groups is 2. The molecule has 1 aliphatic heterocycles. The minimum Gasteiger partial charge on any atom is -0.388 e. The number of amides is 2. The third kappa shape index (κ3) is 5.62. The largest absolute Gasteiger partial charge is 0.388 e. The van der Waals surface area contributed by atoms with Crippen LogP contribution in [-0.4, -0.2) is 53.6 Å². The van der Waals surface area contributed by atoms with E-state index in [0.717, 1.165) is 19.4 Å². The van der Waals surface area contributed by atoms with Gasteiger partial charge < -0.3 is 16.2 Å². The van der Waals surface area contributed by atoms with Crippen molar-refractivity contribution in [3.63, 3.8) is 0 Å². The molecule has 0 bridgehead atoms. The van der Waals surface area contributed by atoms with Crippen molar-refractivity contribution in [2.45, 2.75) is 38.2 Å². The number of hydrogen-bond acceptors (Lipinski definition) is 4. The average Bonchev–Trinajstić information content (AvgIpc) is 2.48. The smallest absolute Gasteiger partial charge is 0.234 e. The summed E-state index contributed by atoms with van der Waals surface area (Å²) in [6.07, 6.45) is 2.03. The van der Waals surface area contributed by atoms with Crippen molar-refractivity contribution >= 4 is 11.8 Å². The molecule has 1 fully saturated rings. The molecule has 24 heavy (non-hydrogen) atoms. The first kappa shape index (κ1) is 18.4. The number of nitrogens with two attached hydrogens (primary N) is 1. The Labute approximate surface area is 143 Å². The number of aryl methyl sites for hydroxylation is 1. The number of β-amino-alcohol motifs (C(OH)–C–C–N with tert-alkyl or cyclic N) is 1. The van der Waals surface area contributed by atoms with Gasteiger partial charge in [0.05, 0.1) is 18.6 Å². The van der Waals surface area contributed by atoms with E-state index < -0.39 is 11.5 Å². The molecule has 132 valence electrons. The number of benzene rings is 1. The summed E-state index contributed by atoms with van der Waals surface area (Å²) in [5.74, 6) is -0.575. The number of rotatable bonds is 7. The number of aliphatic hydroxyl groups is 1. The van der Waals surface area contributed by atoms with E-state index in [4.69, 9.17) is 5.73 Å². The predicted molar refractivity (Wildman–Crippen MR) is 92.3 cm³/mol. The van der Waals surface area contributed by atoms with Gasteiger partial charge in [-0.05, 0) is 43.9 Å². The lowest BCUT2D eigenvalue weighted by Crippen LogP contribution is -2.52. The summed E-state index contributed by atoms with van der Waals surface area (Å²) in [5.41, 5.74) is 6.54. The third-order valence-corrected chi connectivity index (χ3v) is 4.48. The molecule has 2 rings (SSSR count). The minimum absolute atomic E-state index is 0.0571. The first-order chi connectivity index (χ1) is 11.4. The molecule has 1 atom stereocenters. The molecule has 6 heteroatoms. The number of primary amides is 1. The summed E-state index contributed by atoms with van der Waals surface area (Å²) in [6, 6.07) is 8.12. The van der Waals surface area contributed by atoms with Gasteiger partial charge in [-0.2, -0.15) is 0 Å². The van der Waals surface area contributed by atoms with Gasteiger partial charge in [0, 0.05) is 13.1 Å². The second-order valence-electron chi connectivity index (χ2n) is 6.71. The Bertz CT molecular complexity index is 591. The summed E-state index contributed by atoms with van der Waals surface area (Å²) < 4.78 is 0. The van der Waals surface area contributed by atoms with E-state index in [1.807, 2.05) is 17.0 Å². The van der Waals surface area contributed by atoms with Gasteiger partial charge in [-0.1, -0.05) is 24.3 Å². The standard InChI is InChI=1S/C18H27N3O3/c1-14-5-2-3-6-15(14)7-9-20-17(23)12-21-10-4-8-18(24,13-21)11-16(19)22/h2-3,5-6,24H,4,7-13H2,1H3,(H2,19,22)(H,20,23). The number of carbonyl (C=O) groups excluding carboxylic acids is 2. The molecule has 1 saturated heterocycles. The van der Waals surface area contributed by atoms with E-state index in [-0.39, 0.29) is 18.9 Å². The first-order valence-electron chi connectivity index (χ1n) is 8.42. The SMILES string of the molecule is Cc1ccccc1CCNC(=O)CN1CCCC(O)(CC(N)=O)C1. The van der Waals surface area contributed by atoms with Crippen LogP contribution in [-0.2, 0) is 16.0 Å². The van der Waals surface area contributed by atoms with Crippen LogP contribution in [0.1, 0.15) is 30.4 Å². The zero-order chi connectivity index (χ0) is 17.6. The van der Waals surface area contributed by atoms with E-state index in [1.165, 1.54) is 11.1 Å². The second-order valence-corrected chi connectivity index (χ2v) is 6.71. The number of nitrogens with one attached hydrogen (secondary N) is 1. The quantitative estimate of drug-likeness (QED) is 0.671. The van der Waals surface area contributed by atoms with Crippen molar-refractivity contribution in [1.82, 2.24) is 10.2 Å². The molecule has 0 radical (unpaired) electrons. The maximum atomic E-state index is 12.1. The van der Waals surface area contributed by atoms with Gasteiger partial charge in [0.1, 0.15) is 0 Å². The van der Waals surface area contributed by atoms with E-state index >= 15 is 0 Å². The summed E-state index contributed by atoms with van der Waals surface area (Å²) in [5, 5.41) is 13.3. The predicted octanol–water partition coefficient (Wildman–Crippen LogP) is 0.356. The van der Waals surface area contributed by atoms with Crippen molar-refractivity contribution in [2.24, 2.45) is 5.73 Å². The molecule has 1 aliphatic rings. The van der Waals surface area contributed by atoms with Gasteiger partial charge in [-0.15, -0.1) is 0 Å². The lowest BCUT2D eigenvalue weighted by molar-refractivity contribution is -0.127. The Balaban J connectivity index is 1.76. The van der Waals surface area contributed by atoms with E-state index in [0.29, 0.717) is 19.5 Å². The molecule has 0 spiro atoms. The average molecular weight is 333 g/mol. The van der Waals surface area contributed by atoms with Crippen molar-refractivity contribution in [3.8, 4) is 0 Å². The third-order valence-electron chi connectivity index (χ3n) is 4.48. The zero-order valence-electron chi connectivity index (χ0n) is 14.3. The molecule has 2 amide bonds. The van der Waals surface area contributed by atoms with Gasteiger partial charge in [0.2, 0.25) is 11.8 Å². The molecule has 1 aromatic rings. The fourth-order valence-electron chi connectivity index (χ4n) is 3.30. The van der Waals surface area contributed by atoms with Crippen LogP contribution in [0.3, 0.4) is 0 Å². The molecule has 0 saturated carbocycles. The van der Waals surface area contributed by atoms with Crippen LogP contribution in [0.15, 0.2) is 24.3 Å². The Morgan fingerprint density at radius 3 is 2.83 bits per heavy atom. The van der Waals surface area contributed by atoms with Crippen LogP contribution in [0.2, 0.25) is 0 Å². The maximum Gasteiger partial charge on any atom is 0.234 e. The molecule has 1 unspecified atom stereocenters. The van der Waals surface area contributed by atoms with Crippen LogP contribution < -0.4 is 11.1 Å². The number of nitrogens with zero attached hydrogens (tertiary/aromatic N) is 1. The highest BCUT2D eigenvalue weighted by Gasteiger charge is 2.35. The van der Waals surface area contributed by atoms with Gasteiger partial charge in [0.15, 0.2) is 0 Å². The Morgan fingerprint density at radius 1 is 1.38 bits per heavy atom. The molecule has 4 N–H and O–H groups in total. The zero-order valence-corrected chi connectivity index (χ0v) is 14.3. The number of piperidine rings is 1. The lowest BCUT2D eigenvalue weighted by Gasteiger charge is -2.38. The van der Waals surface area contributed by atoms with Crippen molar-refractivity contribution in [1.29, 1.82) is 0 Å². The summed E-state index contributed by atoms with van der Waals surface area (Å²) in [4.78, 5) is 25.0. The molecule has 0 aliphatic carbocycles. The normalized spacial score (nSPS) is 21.4. The Morgan fingerprint density at radius 2 is 2.12 bits per heavy atom. The van der Waals surface area contributed by atoms with Crippen LogP contribution in [0.4, 0.5) is 0 Å². The summed E-state index contributed by atoms with van der Waals surface area (Å²) in [7, 11) is 0. The second kappa shape index (κ2) is 8.26. The molecular weight excluding hydrogens is 306 g/mol. The van der Waals surface area contributed by atoms with Crippen LogP contribution in [0.5, 0.6) is 0 Å². The Kier molecular flexibility index (Phi) is 6.34. The highest BCUT2D eigenvalue weighted by molar-refractivity contribution is 5.78. The van der Waals surface area contributed by atoms with E-state index in [9.17, 15) is 14.7 Å². The van der Waals surface area contributed by atoms with Crippen LogP contribution in [0.25, 0.3) is 0 Å². The fourth-order valence-corrected chi connectivity index (χ4v) is 3.30. The topological polar surface area (TPSA) is 95.7 Å². The fraction of sp³-hybridized carbons (Fsp3) is 0.556. The van der Waals surface area contributed by atoms with Gasteiger partial charge >= 0.3 is 0 Å². The maximum absolute atomic E-state index is 12.1. The van der Waals surface area contributed by atoms with Crippen LogP contribution in [0, 0.1) is 6.92 Å². The summed E-state index contributed by atoms with van der Waals surface area (Å²) in [6.45, 7) is 3.93. The molecule has 0 aromatic heterocycles. The van der Waals surface area contributed by atoms with Crippen molar-refractivity contribution < 1.29 is 14.7 Å². The highest BCUT2D eigenvalue weighted by Crippen LogP contribution is 2.23. The monoisotopic (exact) mass is 333 g/mol. The summed E-state index contributed by atoms with van der Waals surface area (Å²) >= 11 is 0. The first-order valence-corrected chi connectivity index (χ1v) is 8.42. The van der Waals surface area contributed by atoms with Gasteiger partial charge in [-0.3, -0.25) is 14.5 Å². The highest BCUT2D eigenvalue weighted by atomic mass is 16.3. The number of hydrogen-bond donors (Lipinski definition) is 3. The lowest BCUT2D eigenvalue weighted by atomic mass is 9.89. The molecular formula is C18H27N3O3. The Hall–Kier alpha value is -1.92.